The Hall–Kier alpha value is -2.69. The maximum Gasteiger partial charge on any atom is 0.303 e. The molecule has 5 atom stereocenters. The number of halogens is 1. The molecular formula is C21H25ClO10. The van der Waals surface area contributed by atoms with Gasteiger partial charge in [-0.2, -0.15) is 0 Å². The van der Waals surface area contributed by atoms with Crippen LogP contribution in [0.3, 0.4) is 0 Å². The van der Waals surface area contributed by atoms with Crippen LogP contribution in [0.15, 0.2) is 18.2 Å². The molecule has 0 aliphatic carbocycles. The van der Waals surface area contributed by atoms with Gasteiger partial charge in [-0.3, -0.25) is 19.2 Å². The Labute approximate surface area is 189 Å². The van der Waals surface area contributed by atoms with E-state index in [1.807, 2.05) is 0 Å². The molecule has 0 radical (unpaired) electrons. The van der Waals surface area contributed by atoms with Crippen LogP contribution < -0.4 is 0 Å². The maximum absolute atomic E-state index is 11.9. The Morgan fingerprint density at radius 2 is 1.47 bits per heavy atom. The Balaban J connectivity index is 2.58. The average Bonchev–Trinajstić information content (AvgIpc) is 2.69. The molecule has 1 heterocycles. The molecule has 1 N–H and O–H groups in total. The molecule has 10 nitrogen and oxygen atoms in total. The number of rotatable bonds is 7. The first kappa shape index (κ1) is 25.6. The van der Waals surface area contributed by atoms with E-state index in [0.717, 1.165) is 20.8 Å². The molecule has 0 saturated carbocycles. The zero-order valence-electron chi connectivity index (χ0n) is 18.0. The maximum atomic E-state index is 11.9. The highest BCUT2D eigenvalue weighted by atomic mass is 35.5. The summed E-state index contributed by atoms with van der Waals surface area (Å²) in [7, 11) is 0. The van der Waals surface area contributed by atoms with E-state index in [0.29, 0.717) is 16.1 Å². The van der Waals surface area contributed by atoms with Crippen molar-refractivity contribution in [2.24, 2.45) is 0 Å². The Kier molecular flexibility index (Phi) is 8.99. The molecule has 0 aromatic heterocycles. The van der Waals surface area contributed by atoms with Crippen molar-refractivity contribution < 1.29 is 48.0 Å². The van der Waals surface area contributed by atoms with E-state index >= 15 is 0 Å². The largest absolute Gasteiger partial charge is 0.463 e. The normalized spacial score (nSPS) is 24.9. The molecule has 3 unspecified atom stereocenters. The van der Waals surface area contributed by atoms with E-state index in [1.54, 1.807) is 12.1 Å². The molecule has 1 fully saturated rings. The molecule has 0 bridgehead atoms. The fraction of sp³-hybridized carbons (Fsp3) is 0.524. The van der Waals surface area contributed by atoms with Crippen LogP contribution >= 0.6 is 11.6 Å². The van der Waals surface area contributed by atoms with Crippen molar-refractivity contribution >= 4 is 35.5 Å². The molecule has 1 aliphatic rings. The van der Waals surface area contributed by atoms with Crippen LogP contribution in [0.1, 0.15) is 44.9 Å². The van der Waals surface area contributed by atoms with Gasteiger partial charge in [0.05, 0.1) is 6.61 Å². The second kappa shape index (κ2) is 11.3. The fourth-order valence-electron chi connectivity index (χ4n) is 3.39. The molecule has 1 saturated heterocycles. The number of hydrogen-bond acceptors (Lipinski definition) is 10. The molecular weight excluding hydrogens is 448 g/mol. The number of carbonyl (C=O) groups excluding carboxylic acids is 4. The predicted octanol–water partition coefficient (Wildman–Crippen LogP) is 1.63. The lowest BCUT2D eigenvalue weighted by Crippen LogP contribution is -2.59. The summed E-state index contributed by atoms with van der Waals surface area (Å²) in [5.41, 5.74) is 0.827. The van der Waals surface area contributed by atoms with Crippen LogP contribution in [-0.4, -0.2) is 60.0 Å². The molecule has 32 heavy (non-hydrogen) atoms. The fourth-order valence-corrected chi connectivity index (χ4v) is 3.57. The lowest BCUT2D eigenvalue weighted by Gasteiger charge is -2.44. The third kappa shape index (κ3) is 6.65. The van der Waals surface area contributed by atoms with E-state index < -0.39 is 54.4 Å². The number of esters is 4. The second-order valence-electron chi connectivity index (χ2n) is 7.13. The number of aliphatic hydroxyl groups excluding tert-OH is 1. The van der Waals surface area contributed by atoms with Crippen molar-refractivity contribution in [3.05, 3.63) is 34.3 Å². The van der Waals surface area contributed by atoms with E-state index in [2.05, 4.69) is 0 Å². The first-order valence-electron chi connectivity index (χ1n) is 9.73. The summed E-state index contributed by atoms with van der Waals surface area (Å²) >= 11 is 6.08. The van der Waals surface area contributed by atoms with Gasteiger partial charge in [0.1, 0.15) is 18.8 Å². The van der Waals surface area contributed by atoms with Crippen molar-refractivity contribution in [1.29, 1.82) is 0 Å². The standard InChI is InChI=1S/C21H25ClO10/c1-10(24)28-9-17-19(29-11(2)25)21(31-13(4)27)20(30-12(3)26)18(32-17)14-5-6-16(22)15(7-14)8-23/h5-7,17-21,23H,8-9H2,1-4H3/t17?,18?,19-,20+,21?/m1/s1. The summed E-state index contributed by atoms with van der Waals surface area (Å²) in [5, 5.41) is 9.87. The zero-order valence-corrected chi connectivity index (χ0v) is 18.8. The van der Waals surface area contributed by atoms with Gasteiger partial charge < -0.3 is 28.8 Å². The molecule has 176 valence electrons. The molecule has 1 aromatic carbocycles. The van der Waals surface area contributed by atoms with E-state index in [9.17, 15) is 24.3 Å². The number of benzene rings is 1. The smallest absolute Gasteiger partial charge is 0.303 e. The van der Waals surface area contributed by atoms with Crippen LogP contribution in [0.25, 0.3) is 0 Å². The molecule has 2 rings (SSSR count). The summed E-state index contributed by atoms with van der Waals surface area (Å²) in [5.74, 6) is -2.73. The summed E-state index contributed by atoms with van der Waals surface area (Å²) < 4.78 is 27.2. The summed E-state index contributed by atoms with van der Waals surface area (Å²) in [6.45, 7) is 3.96. The third-order valence-corrected chi connectivity index (χ3v) is 4.93. The predicted molar refractivity (Wildman–Crippen MR) is 108 cm³/mol. The van der Waals surface area contributed by atoms with Crippen molar-refractivity contribution in [3.63, 3.8) is 0 Å². The third-order valence-electron chi connectivity index (χ3n) is 4.56. The second-order valence-corrected chi connectivity index (χ2v) is 7.54. The Morgan fingerprint density at radius 3 is 2.00 bits per heavy atom. The first-order valence-corrected chi connectivity index (χ1v) is 10.1. The SMILES string of the molecule is CC(=O)OCC1OC(c2ccc(Cl)c(CO)c2)[C@H](OC(C)=O)C(OC(C)=O)[C@@H]1OC(C)=O. The van der Waals surface area contributed by atoms with Crippen molar-refractivity contribution in [2.45, 2.75) is 64.8 Å². The lowest BCUT2D eigenvalue weighted by atomic mass is 9.90. The van der Waals surface area contributed by atoms with Gasteiger partial charge >= 0.3 is 23.9 Å². The van der Waals surface area contributed by atoms with E-state index in [-0.39, 0.29) is 13.2 Å². The summed E-state index contributed by atoms with van der Waals surface area (Å²) in [6, 6.07) is 4.66. The number of ether oxygens (including phenoxy) is 5. The minimum atomic E-state index is -1.27. The van der Waals surface area contributed by atoms with Gasteiger partial charge in [0.2, 0.25) is 0 Å². The van der Waals surface area contributed by atoms with Crippen LogP contribution in [0.2, 0.25) is 5.02 Å². The van der Waals surface area contributed by atoms with Gasteiger partial charge in [0.15, 0.2) is 18.3 Å². The van der Waals surface area contributed by atoms with Crippen molar-refractivity contribution in [3.8, 4) is 0 Å². The van der Waals surface area contributed by atoms with Crippen molar-refractivity contribution in [1.82, 2.24) is 0 Å². The van der Waals surface area contributed by atoms with Crippen LogP contribution in [0.5, 0.6) is 0 Å². The molecule has 1 aromatic rings. The first-order chi connectivity index (χ1) is 15.0. The average molecular weight is 473 g/mol. The molecule has 11 heteroatoms. The van der Waals surface area contributed by atoms with Gasteiger partial charge in [-0.05, 0) is 23.3 Å². The van der Waals surface area contributed by atoms with Crippen LogP contribution in [0.4, 0.5) is 0 Å². The highest BCUT2D eigenvalue weighted by molar-refractivity contribution is 6.31. The molecule has 0 spiro atoms. The van der Waals surface area contributed by atoms with Gasteiger partial charge in [0, 0.05) is 32.7 Å². The van der Waals surface area contributed by atoms with Gasteiger partial charge in [-0.15, -0.1) is 0 Å². The summed E-state index contributed by atoms with van der Waals surface area (Å²) in [4.78, 5) is 46.8. The summed E-state index contributed by atoms with van der Waals surface area (Å²) in [6.07, 6.45) is -5.81. The number of carbonyl (C=O) groups is 4. The minimum absolute atomic E-state index is 0.307. The molecule has 0 amide bonds. The minimum Gasteiger partial charge on any atom is -0.463 e. The van der Waals surface area contributed by atoms with E-state index in [4.69, 9.17) is 35.3 Å². The lowest BCUT2D eigenvalue weighted by molar-refractivity contribution is -0.254. The molecule has 1 aliphatic heterocycles. The quantitative estimate of drug-likeness (QED) is 0.460. The Bertz CT molecular complexity index is 870. The van der Waals surface area contributed by atoms with Gasteiger partial charge in [-0.25, -0.2) is 0 Å². The van der Waals surface area contributed by atoms with Gasteiger partial charge in [0.25, 0.3) is 0 Å². The van der Waals surface area contributed by atoms with E-state index in [1.165, 1.54) is 13.0 Å². The number of hydrogen-bond donors (Lipinski definition) is 1. The highest BCUT2D eigenvalue weighted by Gasteiger charge is 2.52. The van der Waals surface area contributed by atoms with Gasteiger partial charge in [-0.1, -0.05) is 17.7 Å². The Morgan fingerprint density at radius 1 is 0.906 bits per heavy atom. The monoisotopic (exact) mass is 472 g/mol. The van der Waals surface area contributed by atoms with Crippen LogP contribution in [-0.2, 0) is 49.5 Å². The van der Waals surface area contributed by atoms with Crippen molar-refractivity contribution in [2.75, 3.05) is 6.61 Å². The number of aliphatic hydroxyl groups is 1. The topological polar surface area (TPSA) is 135 Å². The van der Waals surface area contributed by atoms with Crippen LogP contribution in [0, 0.1) is 0 Å². The highest BCUT2D eigenvalue weighted by Crippen LogP contribution is 2.38. The zero-order chi connectivity index (χ0) is 24.0.